The Morgan fingerprint density at radius 2 is 1.87 bits per heavy atom. The number of hydrogen-bond acceptors (Lipinski definition) is 5. The molecule has 7 nitrogen and oxygen atoms in total. The number of carbonyl (C=O) groups is 1. The minimum atomic E-state index is -3.35. The third kappa shape index (κ3) is 5.72. The van der Waals surface area contributed by atoms with E-state index < -0.39 is 10.0 Å². The summed E-state index contributed by atoms with van der Waals surface area (Å²) < 4.78 is 34.6. The van der Waals surface area contributed by atoms with Crippen LogP contribution in [-0.4, -0.2) is 58.7 Å². The zero-order valence-electron chi connectivity index (χ0n) is 14.0. The summed E-state index contributed by atoms with van der Waals surface area (Å²) in [7, 11) is 1.18. The van der Waals surface area contributed by atoms with E-state index in [4.69, 9.17) is 9.47 Å². The summed E-state index contributed by atoms with van der Waals surface area (Å²) >= 11 is 0. The topological polar surface area (TPSA) is 84.9 Å². The maximum Gasteiger partial charge on any atom is 0.235 e. The van der Waals surface area contributed by atoms with Crippen LogP contribution in [0, 0.1) is 0 Å². The van der Waals surface area contributed by atoms with Crippen molar-refractivity contribution in [1.82, 2.24) is 9.62 Å². The monoisotopic (exact) mass is 344 g/mol. The lowest BCUT2D eigenvalue weighted by atomic mass is 10.1. The highest BCUT2D eigenvalue weighted by Gasteiger charge is 2.17. The fourth-order valence-corrected chi connectivity index (χ4v) is 2.71. The first-order valence-corrected chi connectivity index (χ1v) is 8.86. The average molecular weight is 344 g/mol. The van der Waals surface area contributed by atoms with E-state index in [9.17, 15) is 13.2 Å². The number of likely N-dealkylation sites (N-methyl/N-ethyl adjacent to an activating group) is 1. The van der Waals surface area contributed by atoms with Gasteiger partial charge in [0.05, 0.1) is 26.5 Å². The van der Waals surface area contributed by atoms with E-state index in [0.717, 1.165) is 9.87 Å². The average Bonchev–Trinajstić information content (AvgIpc) is 2.54. The third-order valence-electron chi connectivity index (χ3n) is 3.39. The predicted molar refractivity (Wildman–Crippen MR) is 88.4 cm³/mol. The predicted octanol–water partition coefficient (Wildman–Crippen LogP) is 0.644. The molecule has 0 radical (unpaired) electrons. The van der Waals surface area contributed by atoms with Gasteiger partial charge in [-0.1, -0.05) is 6.07 Å². The van der Waals surface area contributed by atoms with Crippen LogP contribution in [0.15, 0.2) is 18.2 Å². The molecule has 0 saturated carbocycles. The lowest BCUT2D eigenvalue weighted by molar-refractivity contribution is -0.121. The highest BCUT2D eigenvalue weighted by molar-refractivity contribution is 7.89. The molecule has 1 aromatic carbocycles. The number of rotatable bonds is 9. The standard InChI is InChI=1S/C15H24N2O5S/c1-5-23(19,20)17(2)11-15(18)16-9-8-12-6-7-13(21-3)14(10-12)22-4/h6-7,10H,5,8-9,11H2,1-4H3,(H,16,18). The van der Waals surface area contributed by atoms with E-state index in [1.54, 1.807) is 27.2 Å². The lowest BCUT2D eigenvalue weighted by Gasteiger charge is -2.15. The third-order valence-corrected chi connectivity index (χ3v) is 5.20. The molecule has 0 saturated heterocycles. The van der Waals surface area contributed by atoms with Crippen molar-refractivity contribution in [2.24, 2.45) is 0 Å². The van der Waals surface area contributed by atoms with E-state index in [2.05, 4.69) is 5.32 Å². The molecule has 1 aromatic rings. The summed E-state index contributed by atoms with van der Waals surface area (Å²) in [5, 5.41) is 2.71. The summed E-state index contributed by atoms with van der Waals surface area (Å²) in [5.41, 5.74) is 0.984. The number of hydrogen-bond donors (Lipinski definition) is 1. The molecule has 0 spiro atoms. The van der Waals surface area contributed by atoms with Gasteiger partial charge in [-0.05, 0) is 31.0 Å². The number of ether oxygens (including phenoxy) is 2. The first-order chi connectivity index (χ1) is 10.8. The Balaban J connectivity index is 2.49. The van der Waals surface area contributed by atoms with E-state index >= 15 is 0 Å². The Labute approximate surface area is 137 Å². The van der Waals surface area contributed by atoms with Gasteiger partial charge in [-0.2, -0.15) is 4.31 Å². The fourth-order valence-electron chi connectivity index (χ4n) is 1.96. The van der Waals surface area contributed by atoms with Crippen molar-refractivity contribution in [2.75, 3.05) is 40.1 Å². The van der Waals surface area contributed by atoms with Crippen LogP contribution in [0.5, 0.6) is 11.5 Å². The van der Waals surface area contributed by atoms with Gasteiger partial charge in [0.2, 0.25) is 15.9 Å². The van der Waals surface area contributed by atoms with Gasteiger partial charge in [0.1, 0.15) is 0 Å². The van der Waals surface area contributed by atoms with Crippen LogP contribution >= 0.6 is 0 Å². The van der Waals surface area contributed by atoms with Gasteiger partial charge in [0, 0.05) is 13.6 Å². The molecule has 130 valence electrons. The van der Waals surface area contributed by atoms with Crippen molar-refractivity contribution < 1.29 is 22.7 Å². The molecule has 0 heterocycles. The first-order valence-electron chi connectivity index (χ1n) is 7.25. The van der Waals surface area contributed by atoms with Crippen molar-refractivity contribution in [3.8, 4) is 11.5 Å². The smallest absolute Gasteiger partial charge is 0.235 e. The SMILES string of the molecule is CCS(=O)(=O)N(C)CC(=O)NCCc1ccc(OC)c(OC)c1. The van der Waals surface area contributed by atoms with Crippen LogP contribution in [0.25, 0.3) is 0 Å². The molecular weight excluding hydrogens is 320 g/mol. The van der Waals surface area contributed by atoms with Crippen molar-refractivity contribution in [2.45, 2.75) is 13.3 Å². The van der Waals surface area contributed by atoms with Crippen LogP contribution < -0.4 is 14.8 Å². The number of methoxy groups -OCH3 is 2. The molecule has 0 aliphatic rings. The summed E-state index contributed by atoms with van der Waals surface area (Å²) in [6, 6.07) is 5.54. The molecule has 0 aromatic heterocycles. The van der Waals surface area contributed by atoms with Crippen molar-refractivity contribution >= 4 is 15.9 Å². The number of nitrogens with zero attached hydrogens (tertiary/aromatic N) is 1. The van der Waals surface area contributed by atoms with E-state index in [1.807, 2.05) is 12.1 Å². The van der Waals surface area contributed by atoms with Gasteiger partial charge in [0.25, 0.3) is 0 Å². The summed E-state index contributed by atoms with van der Waals surface area (Å²) in [5.74, 6) is 0.921. The van der Waals surface area contributed by atoms with Crippen molar-refractivity contribution in [1.29, 1.82) is 0 Å². The number of nitrogens with one attached hydrogen (secondary N) is 1. The molecule has 0 atom stereocenters. The van der Waals surface area contributed by atoms with Crippen LogP contribution in [0.1, 0.15) is 12.5 Å². The van der Waals surface area contributed by atoms with Crippen LogP contribution in [0.2, 0.25) is 0 Å². The highest BCUT2D eigenvalue weighted by Crippen LogP contribution is 2.27. The second-order valence-corrected chi connectivity index (χ2v) is 7.31. The van der Waals surface area contributed by atoms with E-state index in [1.165, 1.54) is 7.05 Å². The molecule has 23 heavy (non-hydrogen) atoms. The van der Waals surface area contributed by atoms with Gasteiger partial charge in [0.15, 0.2) is 11.5 Å². The van der Waals surface area contributed by atoms with Crippen LogP contribution in [0.3, 0.4) is 0 Å². The second-order valence-electron chi connectivity index (χ2n) is 4.95. The number of sulfonamides is 1. The molecule has 0 aliphatic heterocycles. The summed E-state index contributed by atoms with van der Waals surface area (Å²) in [6.07, 6.45) is 0.607. The molecule has 0 fully saturated rings. The quantitative estimate of drug-likeness (QED) is 0.711. The second kappa shape index (κ2) is 8.73. The van der Waals surface area contributed by atoms with Crippen LogP contribution in [-0.2, 0) is 21.2 Å². The minimum absolute atomic E-state index is 0.0254. The maximum absolute atomic E-state index is 11.8. The highest BCUT2D eigenvalue weighted by atomic mass is 32.2. The molecule has 1 rings (SSSR count). The Hall–Kier alpha value is -1.80. The van der Waals surface area contributed by atoms with Crippen LogP contribution in [0.4, 0.5) is 0 Å². The zero-order valence-corrected chi connectivity index (χ0v) is 14.8. The Kier molecular flexibility index (Phi) is 7.31. The first kappa shape index (κ1) is 19.2. The molecule has 0 unspecified atom stereocenters. The molecule has 0 bridgehead atoms. The van der Waals surface area contributed by atoms with E-state index in [-0.39, 0.29) is 18.2 Å². The minimum Gasteiger partial charge on any atom is -0.493 e. The summed E-state index contributed by atoms with van der Waals surface area (Å²) in [4.78, 5) is 11.8. The Morgan fingerprint density at radius 3 is 2.43 bits per heavy atom. The lowest BCUT2D eigenvalue weighted by Crippen LogP contribution is -2.39. The number of carbonyl (C=O) groups excluding carboxylic acids is 1. The Bertz CT molecular complexity index is 631. The molecule has 1 amide bonds. The number of benzene rings is 1. The molecule has 0 aliphatic carbocycles. The van der Waals surface area contributed by atoms with Gasteiger partial charge in [-0.15, -0.1) is 0 Å². The van der Waals surface area contributed by atoms with Crippen molar-refractivity contribution in [3.63, 3.8) is 0 Å². The van der Waals surface area contributed by atoms with Crippen molar-refractivity contribution in [3.05, 3.63) is 23.8 Å². The van der Waals surface area contributed by atoms with E-state index in [0.29, 0.717) is 24.5 Å². The number of amides is 1. The van der Waals surface area contributed by atoms with Gasteiger partial charge in [-0.3, -0.25) is 4.79 Å². The summed E-state index contributed by atoms with van der Waals surface area (Å²) in [6.45, 7) is 1.78. The van der Waals surface area contributed by atoms with Gasteiger partial charge < -0.3 is 14.8 Å². The van der Waals surface area contributed by atoms with Gasteiger partial charge in [-0.25, -0.2) is 8.42 Å². The largest absolute Gasteiger partial charge is 0.493 e. The normalized spacial score (nSPS) is 11.3. The molecular formula is C15H24N2O5S. The zero-order chi connectivity index (χ0) is 17.5. The fraction of sp³-hybridized carbons (Fsp3) is 0.533. The molecule has 1 N–H and O–H groups in total. The molecule has 8 heteroatoms. The maximum atomic E-state index is 11.8. The Morgan fingerprint density at radius 1 is 1.22 bits per heavy atom. The van der Waals surface area contributed by atoms with Gasteiger partial charge >= 0.3 is 0 Å².